The van der Waals surface area contributed by atoms with Crippen molar-refractivity contribution in [3.05, 3.63) is 125 Å². The van der Waals surface area contributed by atoms with Crippen LogP contribution in [0.1, 0.15) is 31.4 Å². The number of allylic oxidation sites excluding steroid dienone is 5. The summed E-state index contributed by atoms with van der Waals surface area (Å²) in [6, 6.07) is 30.4. The summed E-state index contributed by atoms with van der Waals surface area (Å²) in [5, 5.41) is 1.29. The topological polar surface area (TPSA) is 4.93 Å². The van der Waals surface area contributed by atoms with E-state index in [9.17, 15) is 0 Å². The maximum absolute atomic E-state index is 2.35. The molecule has 5 rings (SSSR count). The largest absolute Gasteiger partial charge is 0.343 e. The molecular formula is C30H27N. The third-order valence-corrected chi connectivity index (χ3v) is 6.49. The summed E-state index contributed by atoms with van der Waals surface area (Å²) in [6.45, 7) is 4.52. The van der Waals surface area contributed by atoms with E-state index in [-0.39, 0.29) is 0 Å². The van der Waals surface area contributed by atoms with Gasteiger partial charge in [-0.15, -0.1) is 0 Å². The van der Waals surface area contributed by atoms with Crippen LogP contribution in [0.25, 0.3) is 27.7 Å². The summed E-state index contributed by atoms with van der Waals surface area (Å²) in [5.41, 5.74) is 11.8. The van der Waals surface area contributed by atoms with Crippen molar-refractivity contribution in [2.24, 2.45) is 7.05 Å². The molecule has 31 heavy (non-hydrogen) atoms. The fraction of sp³-hybridized carbons (Fsp3) is 0.133. The van der Waals surface area contributed by atoms with Crippen LogP contribution >= 0.6 is 0 Å². The van der Waals surface area contributed by atoms with Crippen LogP contribution in [-0.2, 0) is 7.05 Å². The fourth-order valence-electron chi connectivity index (χ4n) is 4.75. The predicted octanol–water partition coefficient (Wildman–Crippen LogP) is 7.94. The van der Waals surface area contributed by atoms with Crippen molar-refractivity contribution in [1.82, 2.24) is 4.57 Å². The quantitative estimate of drug-likeness (QED) is 0.328. The molecule has 3 aromatic carbocycles. The van der Waals surface area contributed by atoms with Gasteiger partial charge in [0.1, 0.15) is 0 Å². The third kappa shape index (κ3) is 3.27. The first kappa shape index (κ1) is 19.4. The smallest absolute Gasteiger partial charge is 0.0568 e. The van der Waals surface area contributed by atoms with Crippen molar-refractivity contribution >= 4 is 16.5 Å². The first-order chi connectivity index (χ1) is 15.2. The number of aromatic nitrogens is 1. The summed E-state index contributed by atoms with van der Waals surface area (Å²) in [5.74, 6) is 0. The first-order valence-corrected chi connectivity index (χ1v) is 10.9. The number of rotatable bonds is 3. The molecule has 1 aromatic heterocycles. The van der Waals surface area contributed by atoms with Crippen molar-refractivity contribution < 1.29 is 0 Å². The summed E-state index contributed by atoms with van der Waals surface area (Å²) in [7, 11) is 2.19. The molecule has 0 amide bonds. The Bertz CT molecular complexity index is 1350. The first-order valence-electron chi connectivity index (χ1n) is 10.9. The van der Waals surface area contributed by atoms with Crippen LogP contribution in [0.5, 0.6) is 0 Å². The molecular weight excluding hydrogens is 374 g/mol. The number of para-hydroxylation sites is 1. The van der Waals surface area contributed by atoms with E-state index in [0.717, 1.165) is 6.42 Å². The van der Waals surface area contributed by atoms with E-state index < -0.39 is 0 Å². The van der Waals surface area contributed by atoms with Crippen molar-refractivity contribution in [1.29, 1.82) is 0 Å². The van der Waals surface area contributed by atoms with Crippen molar-refractivity contribution in [3.63, 3.8) is 0 Å². The highest BCUT2D eigenvalue weighted by molar-refractivity contribution is 6.06. The molecule has 1 aliphatic carbocycles. The zero-order valence-corrected chi connectivity index (χ0v) is 18.4. The number of fused-ring (bicyclic) bond motifs is 1. The molecule has 0 unspecified atom stereocenters. The highest BCUT2D eigenvalue weighted by Gasteiger charge is 2.24. The molecule has 0 atom stereocenters. The number of aryl methyl sites for hydroxylation is 1. The molecule has 0 bridgehead atoms. The molecule has 4 aromatic rings. The molecule has 0 N–H and O–H groups in total. The number of benzene rings is 3. The molecule has 1 nitrogen and oxygen atoms in total. The SMILES string of the molecule is CC1=C(C)C(=C(c2ccccc2)c2c(-c3ccccc3)n(C)c3ccccc23)C=CC1. The Labute approximate surface area is 184 Å². The van der Waals surface area contributed by atoms with Gasteiger partial charge in [0.2, 0.25) is 0 Å². The lowest BCUT2D eigenvalue weighted by Gasteiger charge is -2.20. The van der Waals surface area contributed by atoms with Gasteiger partial charge in [0.05, 0.1) is 5.69 Å². The van der Waals surface area contributed by atoms with Gasteiger partial charge >= 0.3 is 0 Å². The minimum Gasteiger partial charge on any atom is -0.343 e. The maximum Gasteiger partial charge on any atom is 0.0568 e. The second-order valence-corrected chi connectivity index (χ2v) is 8.33. The summed E-state index contributed by atoms with van der Waals surface area (Å²) in [4.78, 5) is 0. The number of nitrogens with zero attached hydrogens (tertiary/aromatic N) is 1. The number of hydrogen-bond acceptors (Lipinski definition) is 0. The van der Waals surface area contributed by atoms with E-state index in [1.165, 1.54) is 55.6 Å². The number of hydrogen-bond donors (Lipinski definition) is 0. The molecule has 1 heterocycles. The Hall–Kier alpha value is -3.58. The summed E-state index contributed by atoms with van der Waals surface area (Å²) < 4.78 is 2.35. The summed E-state index contributed by atoms with van der Waals surface area (Å²) in [6.07, 6.45) is 5.65. The summed E-state index contributed by atoms with van der Waals surface area (Å²) >= 11 is 0. The minimum atomic E-state index is 1.03. The monoisotopic (exact) mass is 401 g/mol. The predicted molar refractivity (Wildman–Crippen MR) is 133 cm³/mol. The Balaban J connectivity index is 1.97. The maximum atomic E-state index is 2.35. The van der Waals surface area contributed by atoms with E-state index in [1.54, 1.807) is 0 Å². The van der Waals surface area contributed by atoms with Gasteiger partial charge in [0.15, 0.2) is 0 Å². The van der Waals surface area contributed by atoms with Crippen LogP contribution in [0, 0.1) is 0 Å². The standard InChI is InChI=1S/C30H27N/c1-21-13-12-19-25(22(21)2)28(23-14-6-4-7-15-23)29-26-18-10-11-20-27(26)31(3)30(29)24-16-8-5-9-17-24/h4-12,14-20H,13H2,1-3H3. The van der Waals surface area contributed by atoms with Gasteiger partial charge < -0.3 is 4.57 Å². The van der Waals surface area contributed by atoms with Gasteiger partial charge in [0.25, 0.3) is 0 Å². The average molecular weight is 402 g/mol. The Morgan fingerprint density at radius 2 is 1.42 bits per heavy atom. The van der Waals surface area contributed by atoms with Gasteiger partial charge in [-0.3, -0.25) is 0 Å². The van der Waals surface area contributed by atoms with Gasteiger partial charge in [-0.05, 0) is 54.2 Å². The normalized spacial score (nSPS) is 15.6. The van der Waals surface area contributed by atoms with Crippen molar-refractivity contribution in [2.45, 2.75) is 20.3 Å². The highest BCUT2D eigenvalue weighted by Crippen LogP contribution is 2.43. The van der Waals surface area contributed by atoms with E-state index in [1.807, 2.05) is 0 Å². The van der Waals surface area contributed by atoms with Crippen molar-refractivity contribution in [3.8, 4) is 11.3 Å². The Morgan fingerprint density at radius 3 is 2.16 bits per heavy atom. The van der Waals surface area contributed by atoms with Crippen LogP contribution in [0.15, 0.2) is 114 Å². The minimum absolute atomic E-state index is 1.03. The van der Waals surface area contributed by atoms with Gasteiger partial charge in [-0.1, -0.05) is 96.6 Å². The second kappa shape index (κ2) is 7.92. The van der Waals surface area contributed by atoms with Crippen LogP contribution in [0.3, 0.4) is 0 Å². The van der Waals surface area contributed by atoms with E-state index in [4.69, 9.17) is 0 Å². The lowest BCUT2D eigenvalue weighted by Crippen LogP contribution is -2.01. The van der Waals surface area contributed by atoms with Crippen molar-refractivity contribution in [2.75, 3.05) is 0 Å². The lowest BCUT2D eigenvalue weighted by atomic mass is 9.83. The van der Waals surface area contributed by atoms with E-state index in [0.29, 0.717) is 0 Å². The second-order valence-electron chi connectivity index (χ2n) is 8.33. The Kier molecular flexibility index (Phi) is 4.95. The molecule has 0 saturated carbocycles. The van der Waals surface area contributed by atoms with E-state index in [2.05, 4.69) is 123 Å². The molecule has 0 saturated heterocycles. The zero-order chi connectivity index (χ0) is 21.4. The fourth-order valence-corrected chi connectivity index (χ4v) is 4.75. The van der Waals surface area contributed by atoms with Gasteiger partial charge in [0, 0.05) is 23.5 Å². The Morgan fingerprint density at radius 1 is 0.774 bits per heavy atom. The molecule has 0 fully saturated rings. The average Bonchev–Trinajstić information content (AvgIpc) is 3.11. The van der Waals surface area contributed by atoms with Gasteiger partial charge in [-0.25, -0.2) is 0 Å². The zero-order valence-electron chi connectivity index (χ0n) is 18.4. The lowest BCUT2D eigenvalue weighted by molar-refractivity contribution is 0.976. The third-order valence-electron chi connectivity index (χ3n) is 6.49. The molecule has 0 radical (unpaired) electrons. The molecule has 1 aliphatic rings. The van der Waals surface area contributed by atoms with Gasteiger partial charge in [-0.2, -0.15) is 0 Å². The molecule has 1 heteroatoms. The van der Waals surface area contributed by atoms with Crippen LogP contribution in [0.4, 0.5) is 0 Å². The van der Waals surface area contributed by atoms with Crippen LogP contribution in [-0.4, -0.2) is 4.57 Å². The molecule has 0 spiro atoms. The molecule has 152 valence electrons. The highest BCUT2D eigenvalue weighted by atomic mass is 15.0. The van der Waals surface area contributed by atoms with Crippen LogP contribution < -0.4 is 0 Å². The van der Waals surface area contributed by atoms with Crippen LogP contribution in [0.2, 0.25) is 0 Å². The van der Waals surface area contributed by atoms with E-state index >= 15 is 0 Å². The molecule has 0 aliphatic heterocycles.